The van der Waals surface area contributed by atoms with Crippen LogP contribution in [0.4, 0.5) is 0 Å². The van der Waals surface area contributed by atoms with Gasteiger partial charge in [-0.15, -0.1) is 0 Å². The zero-order valence-corrected chi connectivity index (χ0v) is 11.8. The average molecular weight is 270 g/mol. The smallest absolute Gasteiger partial charge is 0.138 e. The molecule has 3 rings (SSSR count). The van der Waals surface area contributed by atoms with E-state index < -0.39 is 0 Å². The van der Waals surface area contributed by atoms with Crippen LogP contribution in [-0.2, 0) is 13.0 Å². The molecule has 4 heteroatoms. The van der Waals surface area contributed by atoms with E-state index in [-0.39, 0.29) is 0 Å². The first-order chi connectivity index (χ1) is 9.83. The molecule has 0 unspecified atom stereocenters. The van der Waals surface area contributed by atoms with E-state index in [9.17, 15) is 0 Å². The Morgan fingerprint density at radius 1 is 1.20 bits per heavy atom. The van der Waals surface area contributed by atoms with Crippen molar-refractivity contribution in [2.24, 2.45) is 5.73 Å². The van der Waals surface area contributed by atoms with Crippen molar-refractivity contribution in [1.82, 2.24) is 14.8 Å². The molecular formula is C16H22N4. The van der Waals surface area contributed by atoms with Gasteiger partial charge in [0.1, 0.15) is 12.2 Å². The highest BCUT2D eigenvalue weighted by molar-refractivity contribution is 5.14. The topological polar surface area (TPSA) is 56.7 Å². The lowest BCUT2D eigenvalue weighted by Crippen LogP contribution is -2.28. The van der Waals surface area contributed by atoms with Gasteiger partial charge in [0.2, 0.25) is 0 Å². The summed E-state index contributed by atoms with van der Waals surface area (Å²) < 4.78 is 2.07. The first kappa shape index (κ1) is 13.3. The van der Waals surface area contributed by atoms with Crippen LogP contribution in [-0.4, -0.2) is 20.8 Å². The van der Waals surface area contributed by atoms with Crippen molar-refractivity contribution < 1.29 is 0 Å². The Morgan fingerprint density at radius 3 is 2.85 bits per heavy atom. The van der Waals surface area contributed by atoms with Crippen LogP contribution >= 0.6 is 0 Å². The summed E-state index contributed by atoms with van der Waals surface area (Å²) in [6, 6.07) is 10.9. The van der Waals surface area contributed by atoms with Crippen LogP contribution < -0.4 is 5.73 Å². The number of aryl methyl sites for hydroxylation is 2. The number of hydrogen-bond donors (Lipinski definition) is 1. The Hall–Kier alpha value is -1.68. The standard InChI is InChI=1S/C16H22N4/c17-15-8-4-7-14(11-15)16-18-12-19-20(16)10-9-13-5-2-1-3-6-13/h1-3,5-6,12,14-15H,4,7-11,17H2/t14-,15+/m1/s1. The first-order valence-corrected chi connectivity index (χ1v) is 7.50. The van der Waals surface area contributed by atoms with Crippen LogP contribution in [0.2, 0.25) is 0 Å². The number of hydrogen-bond acceptors (Lipinski definition) is 3. The fourth-order valence-corrected chi connectivity index (χ4v) is 3.10. The molecule has 1 heterocycles. The van der Waals surface area contributed by atoms with E-state index in [0.717, 1.165) is 31.6 Å². The molecule has 1 fully saturated rings. The van der Waals surface area contributed by atoms with Gasteiger partial charge in [0.15, 0.2) is 0 Å². The highest BCUT2D eigenvalue weighted by atomic mass is 15.3. The summed E-state index contributed by atoms with van der Waals surface area (Å²) in [7, 11) is 0. The molecule has 0 radical (unpaired) electrons. The highest BCUT2D eigenvalue weighted by Crippen LogP contribution is 2.30. The van der Waals surface area contributed by atoms with Crippen LogP contribution in [0.15, 0.2) is 36.7 Å². The highest BCUT2D eigenvalue weighted by Gasteiger charge is 2.24. The fourth-order valence-electron chi connectivity index (χ4n) is 3.10. The molecule has 106 valence electrons. The van der Waals surface area contributed by atoms with Crippen molar-refractivity contribution >= 4 is 0 Å². The number of rotatable bonds is 4. The predicted octanol–water partition coefficient (Wildman–Crippen LogP) is 2.51. The fraction of sp³-hybridized carbons (Fsp3) is 0.500. The molecule has 2 N–H and O–H groups in total. The first-order valence-electron chi connectivity index (χ1n) is 7.50. The molecule has 1 aromatic carbocycles. The van der Waals surface area contributed by atoms with E-state index in [1.54, 1.807) is 6.33 Å². The zero-order chi connectivity index (χ0) is 13.8. The van der Waals surface area contributed by atoms with E-state index in [4.69, 9.17) is 5.73 Å². The average Bonchev–Trinajstić information content (AvgIpc) is 2.95. The predicted molar refractivity (Wildman–Crippen MR) is 79.4 cm³/mol. The second-order valence-electron chi connectivity index (χ2n) is 5.70. The molecule has 0 bridgehead atoms. The van der Waals surface area contributed by atoms with Gasteiger partial charge in [-0.25, -0.2) is 9.67 Å². The van der Waals surface area contributed by atoms with Crippen LogP contribution in [0.5, 0.6) is 0 Å². The molecule has 0 spiro atoms. The van der Waals surface area contributed by atoms with Crippen molar-refractivity contribution in [2.75, 3.05) is 0 Å². The number of nitrogens with zero attached hydrogens (tertiary/aromatic N) is 3. The molecule has 20 heavy (non-hydrogen) atoms. The Balaban J connectivity index is 1.67. The van der Waals surface area contributed by atoms with Crippen LogP contribution in [0, 0.1) is 0 Å². The Morgan fingerprint density at radius 2 is 2.05 bits per heavy atom. The summed E-state index contributed by atoms with van der Waals surface area (Å²) in [5.74, 6) is 1.60. The van der Waals surface area contributed by atoms with Gasteiger partial charge in [0.05, 0.1) is 0 Å². The molecule has 4 nitrogen and oxygen atoms in total. The summed E-state index contributed by atoms with van der Waals surface area (Å²) >= 11 is 0. The third-order valence-electron chi connectivity index (χ3n) is 4.18. The van der Waals surface area contributed by atoms with Gasteiger partial charge in [-0.05, 0) is 31.2 Å². The molecule has 0 amide bonds. The van der Waals surface area contributed by atoms with E-state index in [1.807, 2.05) is 6.07 Å². The second-order valence-corrected chi connectivity index (χ2v) is 5.70. The lowest BCUT2D eigenvalue weighted by atomic mass is 9.85. The molecule has 0 saturated heterocycles. The van der Waals surface area contributed by atoms with Gasteiger partial charge in [-0.2, -0.15) is 5.10 Å². The van der Waals surface area contributed by atoms with Crippen molar-refractivity contribution in [3.8, 4) is 0 Å². The number of aromatic nitrogens is 3. The van der Waals surface area contributed by atoms with Gasteiger partial charge in [0, 0.05) is 18.5 Å². The third-order valence-corrected chi connectivity index (χ3v) is 4.18. The summed E-state index contributed by atoms with van der Waals surface area (Å²) in [6.07, 6.45) is 7.27. The van der Waals surface area contributed by atoms with Crippen LogP contribution in [0.1, 0.15) is 43.0 Å². The number of benzene rings is 1. The molecule has 2 atom stereocenters. The Kier molecular flexibility index (Phi) is 4.11. The number of nitrogens with two attached hydrogens (primary N) is 1. The van der Waals surface area contributed by atoms with Gasteiger partial charge in [-0.1, -0.05) is 36.8 Å². The molecule has 1 aliphatic rings. The molecule has 1 aromatic heterocycles. The van der Waals surface area contributed by atoms with Crippen molar-refractivity contribution in [3.05, 3.63) is 48.0 Å². The lowest BCUT2D eigenvalue weighted by Gasteiger charge is -2.26. The maximum atomic E-state index is 6.09. The quantitative estimate of drug-likeness (QED) is 0.928. The normalized spacial score (nSPS) is 22.9. The zero-order valence-electron chi connectivity index (χ0n) is 11.8. The lowest BCUT2D eigenvalue weighted by molar-refractivity contribution is 0.368. The van der Waals surface area contributed by atoms with Crippen molar-refractivity contribution in [3.63, 3.8) is 0 Å². The van der Waals surface area contributed by atoms with E-state index >= 15 is 0 Å². The van der Waals surface area contributed by atoms with Gasteiger partial charge in [0.25, 0.3) is 0 Å². The Labute approximate surface area is 120 Å². The second kappa shape index (κ2) is 6.18. The summed E-state index contributed by atoms with van der Waals surface area (Å²) in [6.45, 7) is 0.894. The molecule has 2 aromatic rings. The van der Waals surface area contributed by atoms with Gasteiger partial charge >= 0.3 is 0 Å². The molecule has 0 aliphatic heterocycles. The molecule has 1 aliphatic carbocycles. The van der Waals surface area contributed by atoms with E-state index in [1.165, 1.54) is 18.4 Å². The van der Waals surface area contributed by atoms with Crippen LogP contribution in [0.3, 0.4) is 0 Å². The molecular weight excluding hydrogens is 248 g/mol. The minimum absolute atomic E-state index is 0.327. The van der Waals surface area contributed by atoms with Crippen LogP contribution in [0.25, 0.3) is 0 Å². The monoisotopic (exact) mass is 270 g/mol. The summed E-state index contributed by atoms with van der Waals surface area (Å²) in [5, 5.41) is 4.40. The summed E-state index contributed by atoms with van der Waals surface area (Å²) in [4.78, 5) is 4.48. The van der Waals surface area contributed by atoms with Crippen molar-refractivity contribution in [2.45, 2.75) is 50.6 Å². The molecule has 1 saturated carbocycles. The van der Waals surface area contributed by atoms with Gasteiger partial charge in [-0.3, -0.25) is 0 Å². The maximum Gasteiger partial charge on any atom is 0.138 e. The van der Waals surface area contributed by atoms with E-state index in [0.29, 0.717) is 12.0 Å². The third kappa shape index (κ3) is 3.07. The minimum Gasteiger partial charge on any atom is -0.328 e. The van der Waals surface area contributed by atoms with Gasteiger partial charge < -0.3 is 5.73 Å². The summed E-state index contributed by atoms with van der Waals surface area (Å²) in [5.41, 5.74) is 7.43. The largest absolute Gasteiger partial charge is 0.328 e. The SMILES string of the molecule is N[C@H]1CCC[C@@H](c2ncnn2CCc2ccccc2)C1. The maximum absolute atomic E-state index is 6.09. The van der Waals surface area contributed by atoms with Crippen molar-refractivity contribution in [1.29, 1.82) is 0 Å². The van der Waals surface area contributed by atoms with E-state index in [2.05, 4.69) is 39.0 Å². The Bertz CT molecular complexity index is 534. The minimum atomic E-state index is 0.327.